The molecule has 8 heterocycles. The van der Waals surface area contributed by atoms with E-state index in [9.17, 15) is 80.6 Å². The van der Waals surface area contributed by atoms with Gasteiger partial charge in [-0.15, -0.1) is 0 Å². The summed E-state index contributed by atoms with van der Waals surface area (Å²) in [6.45, 7) is 1.24. The number of H-pyrrole nitrogens is 1. The second kappa shape index (κ2) is 37.1. The van der Waals surface area contributed by atoms with E-state index in [0.29, 0.717) is 80.1 Å². The minimum absolute atomic E-state index is 0.0181. The number of nitrogens with zero attached hydrogens (tertiary/aromatic N) is 7. The lowest BCUT2D eigenvalue weighted by Gasteiger charge is -2.22. The highest BCUT2D eigenvalue weighted by molar-refractivity contribution is 5.96. The van der Waals surface area contributed by atoms with Gasteiger partial charge < -0.3 is 35.4 Å². The van der Waals surface area contributed by atoms with E-state index in [1.807, 2.05) is 61.5 Å². The standard InChI is InChI=1S/C31H24F5N3O.C30H24F3N5O2.C29H22F6N4O/c1-18-4-6-20(7-5-18)25-3-2-10-37-30(25)28(13-19-11-23(32)16-24(33)12-19)39-29(40)14-21-17-38-27-9-8-22(15-26(21)27)31(34,35)36;1-34-30(40)24-14-19(4-5-25(24)33)23-3-2-8-36-29(23)26(13-18-11-21(31)15-22(32)12-18)37-28(39)17-38-10-7-20-16-35-9-6-27(20)38;30-20-7-16(8-21(31)12-20)9-24(38-26(40)15-39-14-19(28(32)33)11-25(39)29(34)35)27-22(4-2-6-36-27)18-10-17-3-1-5-23(17)37-13-18/h2-12,15-17,28,38H,13-14H2,1H3,(H,39,40);2-12,14-16,26H,13,17H2,1H3,(H,34,40)(H,37,39);1-4,6-8,10-14,24,28-29H,5,9,15H2,(H,38,40)/t28-;26-;24-/m000/s1. The molecule has 3 atom stereocenters. The molecule has 0 aliphatic heterocycles. The number of alkyl halides is 7. The van der Waals surface area contributed by atoms with Crippen molar-refractivity contribution in [2.75, 3.05) is 7.05 Å². The van der Waals surface area contributed by atoms with Crippen molar-refractivity contribution in [2.24, 2.45) is 0 Å². The highest BCUT2D eigenvalue weighted by Crippen LogP contribution is 2.38. The summed E-state index contributed by atoms with van der Waals surface area (Å²) in [5, 5.41) is 12.1. The number of allylic oxidation sites excluding steroid dienone is 1. The molecule has 1 aliphatic carbocycles. The number of pyridine rings is 5. The minimum atomic E-state index is -4.53. The van der Waals surface area contributed by atoms with Crippen LogP contribution >= 0.6 is 0 Å². The lowest BCUT2D eigenvalue weighted by atomic mass is 9.94. The summed E-state index contributed by atoms with van der Waals surface area (Å²) >= 11 is 0. The zero-order chi connectivity index (χ0) is 85.1. The molecule has 5 N–H and O–H groups in total. The summed E-state index contributed by atoms with van der Waals surface area (Å²) in [5.74, 6) is -7.55. The van der Waals surface area contributed by atoms with Gasteiger partial charge in [0.05, 0.1) is 69.7 Å². The number of aromatic nitrogens is 8. The summed E-state index contributed by atoms with van der Waals surface area (Å²) in [5.41, 5.74) is 8.11. The first-order chi connectivity index (χ1) is 57.6. The first-order valence-corrected chi connectivity index (χ1v) is 37.2. The maximum absolute atomic E-state index is 14.4. The second-order valence-electron chi connectivity index (χ2n) is 28.2. The van der Waals surface area contributed by atoms with Gasteiger partial charge in [0.15, 0.2) is 0 Å². The summed E-state index contributed by atoms with van der Waals surface area (Å²) in [6, 6.07) is 38.4. The SMILES string of the molecule is CNC(=O)c1cc(-c2cccnc2[C@H](Cc2cc(F)cc(F)c2)NC(=O)Cn2ccc3cnccc32)ccc1F.Cc1ccc(-c2cccnc2[C@H](Cc2cc(F)cc(F)c2)NC(=O)Cc2c[nH]c3ccc(C(F)(F)F)cc23)cc1.O=C(Cn1cc(C(F)F)cc1C(F)F)N[C@@H](Cc1cc(F)cc(F)c1)c1ncccc1-c1cnc2c(c1)C=CC2. The summed E-state index contributed by atoms with van der Waals surface area (Å²) < 4.78 is 194. The van der Waals surface area contributed by atoms with Crippen LogP contribution in [0.3, 0.4) is 0 Å². The van der Waals surface area contributed by atoms with Crippen molar-refractivity contribution in [2.45, 2.75) is 89.3 Å². The van der Waals surface area contributed by atoms with Crippen molar-refractivity contribution < 1.29 is 80.6 Å². The zero-order valence-corrected chi connectivity index (χ0v) is 63.5. The van der Waals surface area contributed by atoms with Crippen LogP contribution in [0.4, 0.5) is 61.5 Å². The van der Waals surface area contributed by atoms with Crippen LogP contribution in [0.1, 0.15) is 114 Å². The van der Waals surface area contributed by atoms with Gasteiger partial charge in [-0.25, -0.2) is 48.3 Å². The molecule has 0 radical (unpaired) electrons. The molecular formula is C90H70F14N12O4. The van der Waals surface area contributed by atoms with E-state index in [1.54, 1.807) is 71.9 Å². The third-order valence-corrected chi connectivity index (χ3v) is 19.7. The fourth-order valence-electron chi connectivity index (χ4n) is 14.2. The Morgan fingerprint density at radius 2 is 1.05 bits per heavy atom. The number of carbonyl (C=O) groups is 4. The van der Waals surface area contributed by atoms with Crippen LogP contribution in [-0.4, -0.2) is 69.7 Å². The number of halogens is 14. The molecule has 8 aromatic heterocycles. The number of rotatable bonds is 24. The van der Waals surface area contributed by atoms with Crippen LogP contribution in [0.25, 0.3) is 61.3 Å². The van der Waals surface area contributed by atoms with E-state index in [-0.39, 0.29) is 54.6 Å². The van der Waals surface area contributed by atoms with Crippen LogP contribution in [0, 0.1) is 47.6 Å². The second-order valence-corrected chi connectivity index (χ2v) is 28.2. The maximum Gasteiger partial charge on any atom is 0.416 e. The van der Waals surface area contributed by atoms with E-state index in [2.05, 4.69) is 51.2 Å². The number of aryl methyl sites for hydroxylation is 1. The molecule has 0 fully saturated rings. The molecule has 15 rings (SSSR count). The van der Waals surface area contributed by atoms with Gasteiger partial charge >= 0.3 is 6.18 Å². The molecule has 0 saturated heterocycles. The van der Waals surface area contributed by atoms with Crippen LogP contribution in [0.2, 0.25) is 0 Å². The molecule has 4 amide bonds. The number of hydrogen-bond donors (Lipinski definition) is 5. The Kier molecular flexibility index (Phi) is 26.0. The molecule has 0 spiro atoms. The number of nitrogens with one attached hydrogen (secondary N) is 5. The lowest BCUT2D eigenvalue weighted by molar-refractivity contribution is -0.137. The van der Waals surface area contributed by atoms with Gasteiger partial charge in [0.2, 0.25) is 17.7 Å². The maximum atomic E-state index is 14.4. The van der Waals surface area contributed by atoms with E-state index in [1.165, 1.54) is 74.2 Å². The molecule has 1 aliphatic rings. The van der Waals surface area contributed by atoms with Crippen molar-refractivity contribution >= 4 is 51.5 Å². The number of benzene rings is 6. The van der Waals surface area contributed by atoms with E-state index < -0.39 is 119 Å². The summed E-state index contributed by atoms with van der Waals surface area (Å²) in [6.07, 6.45) is 7.37. The molecule has 612 valence electrons. The molecule has 30 heteroatoms. The van der Waals surface area contributed by atoms with Gasteiger partial charge in [-0.1, -0.05) is 66.2 Å². The van der Waals surface area contributed by atoms with E-state index >= 15 is 0 Å². The molecule has 16 nitrogen and oxygen atoms in total. The molecule has 0 bridgehead atoms. The van der Waals surface area contributed by atoms with Gasteiger partial charge in [0.1, 0.15) is 53.8 Å². The normalized spacial score (nSPS) is 12.5. The number of aromatic amines is 1. The Morgan fingerprint density at radius 3 is 1.58 bits per heavy atom. The van der Waals surface area contributed by atoms with Crippen molar-refractivity contribution in [3.05, 3.63) is 357 Å². The fraction of sp³-hybridized carbons (Fsp3) is 0.167. The number of amides is 4. The molecule has 120 heavy (non-hydrogen) atoms. The minimum Gasteiger partial charge on any atom is -0.361 e. The smallest absolute Gasteiger partial charge is 0.361 e. The highest BCUT2D eigenvalue weighted by Gasteiger charge is 2.32. The molecule has 0 saturated carbocycles. The van der Waals surface area contributed by atoms with Crippen molar-refractivity contribution in [3.63, 3.8) is 0 Å². The predicted octanol–water partition coefficient (Wildman–Crippen LogP) is 19.2. The Bertz CT molecular complexity index is 6090. The zero-order valence-electron chi connectivity index (χ0n) is 63.5. The lowest BCUT2D eigenvalue weighted by Crippen LogP contribution is -2.34. The van der Waals surface area contributed by atoms with Gasteiger partial charge in [-0.2, -0.15) is 13.2 Å². The van der Waals surface area contributed by atoms with Crippen LogP contribution < -0.4 is 21.3 Å². The Morgan fingerprint density at radius 1 is 0.525 bits per heavy atom. The molecule has 14 aromatic rings. The highest BCUT2D eigenvalue weighted by atomic mass is 19.4. The third-order valence-electron chi connectivity index (χ3n) is 19.7. The average molecular weight is 1650 g/mol. The third kappa shape index (κ3) is 20.7. The van der Waals surface area contributed by atoms with Gasteiger partial charge in [-0.05, 0) is 174 Å². The van der Waals surface area contributed by atoms with Gasteiger partial charge in [-0.3, -0.25) is 44.1 Å². The Hall–Kier alpha value is -13.9. The Labute approximate surface area is 676 Å². The number of carbonyl (C=O) groups excluding carboxylic acids is 4. The van der Waals surface area contributed by atoms with Crippen molar-refractivity contribution in [3.8, 4) is 33.4 Å². The molecule has 6 aromatic carbocycles. The molecule has 0 unspecified atom stereocenters. The van der Waals surface area contributed by atoms with Crippen LogP contribution in [-0.2, 0) is 65.8 Å². The summed E-state index contributed by atoms with van der Waals surface area (Å²) in [4.78, 5) is 76.9. The van der Waals surface area contributed by atoms with Crippen molar-refractivity contribution in [1.29, 1.82) is 0 Å². The van der Waals surface area contributed by atoms with Crippen LogP contribution in [0.5, 0.6) is 0 Å². The fourth-order valence-corrected chi connectivity index (χ4v) is 14.2. The number of hydrogen-bond acceptors (Lipinski definition) is 9. The molecular weight excluding hydrogens is 1580 g/mol. The van der Waals surface area contributed by atoms with Crippen molar-refractivity contribution in [1.82, 2.24) is 60.3 Å². The predicted molar refractivity (Wildman–Crippen MR) is 422 cm³/mol. The average Bonchev–Trinajstić information content (AvgIpc) is 1.29. The van der Waals surface area contributed by atoms with E-state index in [4.69, 9.17) is 0 Å². The largest absolute Gasteiger partial charge is 0.416 e. The Balaban J connectivity index is 0.000000156. The number of fused-ring (bicyclic) bond motifs is 3. The van der Waals surface area contributed by atoms with E-state index in [0.717, 1.165) is 86.0 Å². The monoisotopic (exact) mass is 1650 g/mol. The van der Waals surface area contributed by atoms with Gasteiger partial charge in [0, 0.05) is 132 Å². The summed E-state index contributed by atoms with van der Waals surface area (Å²) in [7, 11) is 1.40. The van der Waals surface area contributed by atoms with Crippen LogP contribution in [0.15, 0.2) is 238 Å². The first-order valence-electron chi connectivity index (χ1n) is 37.2. The quantitative estimate of drug-likeness (QED) is 0.0364. The van der Waals surface area contributed by atoms with Gasteiger partial charge in [0.25, 0.3) is 18.8 Å². The topological polar surface area (TPSA) is 206 Å². The first kappa shape index (κ1) is 84.0.